The largest absolute Gasteiger partial charge is 0.346 e. The van der Waals surface area contributed by atoms with Gasteiger partial charge in [0.15, 0.2) is 5.13 Å². The number of benzene rings is 1. The summed E-state index contributed by atoms with van der Waals surface area (Å²) in [4.78, 5) is 25.2. The second kappa shape index (κ2) is 8.62. The molecule has 4 rings (SSSR count). The maximum Gasteiger partial charge on any atom is 0.226 e. The van der Waals surface area contributed by atoms with Gasteiger partial charge in [-0.3, -0.25) is 4.79 Å². The number of para-hydroxylation sites is 2. The fourth-order valence-corrected chi connectivity index (χ4v) is 4.28. The lowest BCUT2D eigenvalue weighted by molar-refractivity contribution is -0.121. The maximum absolute atomic E-state index is 12.7. The molecule has 0 radical (unpaired) electrons. The van der Waals surface area contributed by atoms with Crippen molar-refractivity contribution in [3.63, 3.8) is 0 Å². The number of aromatic amines is 1. The molecule has 3 aromatic heterocycles. The molecule has 0 saturated carbocycles. The summed E-state index contributed by atoms with van der Waals surface area (Å²) in [6.45, 7) is 0. The monoisotopic (exact) mass is 411 g/mol. The highest BCUT2D eigenvalue weighted by atomic mass is 32.2. The first-order valence-electron chi connectivity index (χ1n) is 9.03. The number of imidazole rings is 1. The Hall–Kier alpha value is -2.58. The number of H-pyrrole nitrogens is 1. The van der Waals surface area contributed by atoms with Crippen molar-refractivity contribution in [1.29, 1.82) is 0 Å². The number of carbonyl (C=O) groups excluding carboxylic acids is 1. The Kier molecular flexibility index (Phi) is 5.78. The zero-order valence-electron chi connectivity index (χ0n) is 15.5. The molecule has 0 saturated heterocycles. The SMILES string of the molecule is CSCC[C@H](NC(=O)Cc1csc(-n2cccc2)n1)c1nc2ccccc2[nH]1. The van der Waals surface area contributed by atoms with Gasteiger partial charge in [0, 0.05) is 17.8 Å². The molecule has 1 atom stereocenters. The van der Waals surface area contributed by atoms with E-state index in [0.29, 0.717) is 0 Å². The zero-order valence-corrected chi connectivity index (χ0v) is 17.1. The highest BCUT2D eigenvalue weighted by molar-refractivity contribution is 7.98. The van der Waals surface area contributed by atoms with Crippen LogP contribution in [0.1, 0.15) is 24.0 Å². The predicted molar refractivity (Wildman–Crippen MR) is 115 cm³/mol. The van der Waals surface area contributed by atoms with Gasteiger partial charge in [-0.05, 0) is 42.7 Å². The summed E-state index contributed by atoms with van der Waals surface area (Å²) in [5.41, 5.74) is 2.67. The van der Waals surface area contributed by atoms with Crippen LogP contribution in [-0.2, 0) is 11.2 Å². The molecule has 0 spiro atoms. The van der Waals surface area contributed by atoms with Gasteiger partial charge >= 0.3 is 0 Å². The molecule has 28 heavy (non-hydrogen) atoms. The Morgan fingerprint density at radius 1 is 1.25 bits per heavy atom. The third-order valence-corrected chi connectivity index (χ3v) is 5.94. The molecule has 3 heterocycles. The first kappa shape index (κ1) is 18.8. The van der Waals surface area contributed by atoms with Crippen LogP contribution in [0.15, 0.2) is 54.2 Å². The topological polar surface area (TPSA) is 75.6 Å². The number of amides is 1. The van der Waals surface area contributed by atoms with Crippen LogP contribution in [0.3, 0.4) is 0 Å². The number of nitrogens with zero attached hydrogens (tertiary/aromatic N) is 3. The number of carbonyl (C=O) groups is 1. The van der Waals surface area contributed by atoms with E-state index in [4.69, 9.17) is 0 Å². The number of hydrogen-bond acceptors (Lipinski definition) is 5. The van der Waals surface area contributed by atoms with Crippen LogP contribution >= 0.6 is 23.1 Å². The Balaban J connectivity index is 1.46. The van der Waals surface area contributed by atoms with E-state index in [1.807, 2.05) is 58.7 Å². The van der Waals surface area contributed by atoms with Crippen LogP contribution in [0.5, 0.6) is 0 Å². The molecule has 1 amide bonds. The summed E-state index contributed by atoms with van der Waals surface area (Å²) in [5.74, 6) is 1.70. The summed E-state index contributed by atoms with van der Waals surface area (Å²) in [5, 5.41) is 5.94. The minimum atomic E-state index is -0.144. The van der Waals surface area contributed by atoms with Gasteiger partial charge in [0.25, 0.3) is 0 Å². The van der Waals surface area contributed by atoms with Crippen LogP contribution in [0.2, 0.25) is 0 Å². The third-order valence-electron chi connectivity index (χ3n) is 4.39. The smallest absolute Gasteiger partial charge is 0.226 e. The van der Waals surface area contributed by atoms with Crippen molar-refractivity contribution < 1.29 is 4.79 Å². The molecule has 144 valence electrons. The van der Waals surface area contributed by atoms with Crippen molar-refractivity contribution in [2.45, 2.75) is 18.9 Å². The van der Waals surface area contributed by atoms with Crippen molar-refractivity contribution in [1.82, 2.24) is 24.8 Å². The van der Waals surface area contributed by atoms with E-state index < -0.39 is 0 Å². The van der Waals surface area contributed by atoms with E-state index >= 15 is 0 Å². The molecule has 0 aliphatic rings. The molecule has 0 fully saturated rings. The number of hydrogen-bond donors (Lipinski definition) is 2. The number of fused-ring (bicyclic) bond motifs is 1. The summed E-state index contributed by atoms with van der Waals surface area (Å²) in [7, 11) is 0. The molecule has 0 unspecified atom stereocenters. The predicted octanol–water partition coefficient (Wildman–Crippen LogP) is 3.96. The fraction of sp³-hybridized carbons (Fsp3) is 0.250. The van der Waals surface area contributed by atoms with E-state index in [1.54, 1.807) is 11.8 Å². The van der Waals surface area contributed by atoms with Gasteiger partial charge in [0.2, 0.25) is 5.91 Å². The van der Waals surface area contributed by atoms with Crippen LogP contribution in [-0.4, -0.2) is 37.4 Å². The van der Waals surface area contributed by atoms with Crippen LogP contribution in [0, 0.1) is 0 Å². The third kappa shape index (κ3) is 4.28. The Labute approximate surface area is 171 Å². The minimum Gasteiger partial charge on any atom is -0.346 e. The summed E-state index contributed by atoms with van der Waals surface area (Å²) in [6, 6.07) is 11.7. The molecular weight excluding hydrogens is 390 g/mol. The lowest BCUT2D eigenvalue weighted by Crippen LogP contribution is -2.31. The number of thioether (sulfide) groups is 1. The Morgan fingerprint density at radius 3 is 2.86 bits per heavy atom. The van der Waals surface area contributed by atoms with Gasteiger partial charge in [-0.1, -0.05) is 12.1 Å². The van der Waals surface area contributed by atoms with Crippen molar-refractivity contribution in [2.75, 3.05) is 12.0 Å². The number of aromatic nitrogens is 4. The molecule has 8 heteroatoms. The van der Waals surface area contributed by atoms with Gasteiger partial charge in [0.1, 0.15) is 5.82 Å². The van der Waals surface area contributed by atoms with Gasteiger partial charge in [0.05, 0.1) is 29.2 Å². The molecule has 6 nitrogen and oxygen atoms in total. The van der Waals surface area contributed by atoms with E-state index in [1.165, 1.54) is 11.3 Å². The van der Waals surface area contributed by atoms with E-state index in [2.05, 4.69) is 26.5 Å². The molecule has 4 aromatic rings. The van der Waals surface area contributed by atoms with Crippen LogP contribution < -0.4 is 5.32 Å². The first-order valence-corrected chi connectivity index (χ1v) is 11.3. The maximum atomic E-state index is 12.7. The molecule has 2 N–H and O–H groups in total. The van der Waals surface area contributed by atoms with Crippen molar-refractivity contribution >= 4 is 40.0 Å². The molecule has 0 aliphatic heterocycles. The summed E-state index contributed by atoms with van der Waals surface area (Å²) < 4.78 is 1.95. The first-order chi connectivity index (χ1) is 13.7. The highest BCUT2D eigenvalue weighted by Crippen LogP contribution is 2.21. The summed E-state index contributed by atoms with van der Waals surface area (Å²) >= 11 is 3.29. The van der Waals surface area contributed by atoms with Crippen LogP contribution in [0.4, 0.5) is 0 Å². The quantitative estimate of drug-likeness (QED) is 0.460. The zero-order chi connectivity index (χ0) is 19.3. The van der Waals surface area contributed by atoms with Gasteiger partial charge in [-0.25, -0.2) is 9.97 Å². The van der Waals surface area contributed by atoms with Crippen LogP contribution in [0.25, 0.3) is 16.2 Å². The second-order valence-electron chi connectivity index (χ2n) is 6.43. The molecule has 0 bridgehead atoms. The fourth-order valence-electron chi connectivity index (χ4n) is 3.02. The lowest BCUT2D eigenvalue weighted by atomic mass is 10.2. The Morgan fingerprint density at radius 2 is 2.07 bits per heavy atom. The molecule has 0 aliphatic carbocycles. The molecule has 1 aromatic carbocycles. The van der Waals surface area contributed by atoms with E-state index in [9.17, 15) is 4.79 Å². The average Bonchev–Trinajstić information content (AvgIpc) is 3.44. The highest BCUT2D eigenvalue weighted by Gasteiger charge is 2.19. The van der Waals surface area contributed by atoms with Gasteiger partial charge in [-0.2, -0.15) is 11.8 Å². The normalized spacial score (nSPS) is 12.3. The van der Waals surface area contributed by atoms with Crippen molar-refractivity contribution in [3.8, 4) is 5.13 Å². The number of nitrogens with one attached hydrogen (secondary N) is 2. The lowest BCUT2D eigenvalue weighted by Gasteiger charge is -2.16. The van der Waals surface area contributed by atoms with Crippen molar-refractivity contribution in [3.05, 3.63) is 65.7 Å². The van der Waals surface area contributed by atoms with Gasteiger partial charge < -0.3 is 14.9 Å². The van der Waals surface area contributed by atoms with E-state index in [0.717, 1.165) is 39.9 Å². The second-order valence-corrected chi connectivity index (χ2v) is 8.25. The standard InChI is InChI=1S/C20H21N5OS2/c1-27-11-8-17(19-23-15-6-2-3-7-16(15)24-19)22-18(26)12-14-13-28-20(21-14)25-9-4-5-10-25/h2-7,9-10,13,17H,8,11-12H2,1H3,(H,22,26)(H,23,24)/t17-/m0/s1. The average molecular weight is 412 g/mol. The molecular formula is C20H21N5OS2. The van der Waals surface area contributed by atoms with Gasteiger partial charge in [-0.15, -0.1) is 11.3 Å². The Bertz CT molecular complexity index is 1020. The minimum absolute atomic E-state index is 0.0454. The number of thiazole rings is 1. The summed E-state index contributed by atoms with van der Waals surface area (Å²) in [6.07, 6.45) is 7.03. The van der Waals surface area contributed by atoms with Crippen molar-refractivity contribution in [2.24, 2.45) is 0 Å². The number of rotatable bonds is 8. The van der Waals surface area contributed by atoms with E-state index in [-0.39, 0.29) is 18.4 Å².